The minimum atomic E-state index is 0.218. The molecule has 0 aliphatic carbocycles. The molecule has 0 spiro atoms. The van der Waals surface area contributed by atoms with E-state index in [9.17, 15) is 0 Å². The van der Waals surface area contributed by atoms with Crippen molar-refractivity contribution in [1.29, 1.82) is 0 Å². The van der Waals surface area contributed by atoms with Gasteiger partial charge in [0.05, 0.1) is 0 Å². The summed E-state index contributed by atoms with van der Waals surface area (Å²) in [6, 6.07) is 7.57. The zero-order valence-corrected chi connectivity index (χ0v) is 6.96. The Morgan fingerprint density at radius 1 is 1.42 bits per heavy atom. The summed E-state index contributed by atoms with van der Waals surface area (Å²) in [4.78, 5) is 0. The highest BCUT2D eigenvalue weighted by Crippen LogP contribution is 2.11. The molecule has 1 aromatic rings. The second-order valence-electron chi connectivity index (χ2n) is 2.63. The summed E-state index contributed by atoms with van der Waals surface area (Å²) in [7, 11) is 0. The van der Waals surface area contributed by atoms with Gasteiger partial charge in [0.15, 0.2) is 0 Å². The lowest BCUT2D eigenvalue weighted by Crippen LogP contribution is -2.03. The maximum Gasteiger partial charge on any atom is 0.0447 e. The van der Waals surface area contributed by atoms with Gasteiger partial charge in [-0.3, -0.25) is 0 Å². The number of hydrogen-bond acceptors (Lipinski definition) is 3. The molecule has 0 saturated heterocycles. The predicted molar refractivity (Wildman–Crippen MR) is 51.0 cm³/mol. The highest BCUT2D eigenvalue weighted by atomic mass is 16.3. The third-order valence-electron chi connectivity index (χ3n) is 1.55. The zero-order valence-electron chi connectivity index (χ0n) is 6.96. The van der Waals surface area contributed by atoms with E-state index >= 15 is 0 Å². The van der Waals surface area contributed by atoms with E-state index in [1.165, 1.54) is 0 Å². The van der Waals surface area contributed by atoms with Crippen molar-refractivity contribution >= 4 is 11.4 Å². The Hall–Kier alpha value is -1.22. The molecule has 0 unspecified atom stereocenters. The predicted octanol–water partition coefficient (Wildman–Crippen LogP) is 1.06. The van der Waals surface area contributed by atoms with E-state index in [0.29, 0.717) is 0 Å². The number of nitrogens with one attached hydrogen (secondary N) is 1. The van der Waals surface area contributed by atoms with Gasteiger partial charge in [-0.05, 0) is 24.6 Å². The van der Waals surface area contributed by atoms with E-state index in [0.717, 1.165) is 24.3 Å². The Balaban J connectivity index is 2.41. The number of anilines is 2. The van der Waals surface area contributed by atoms with Crippen molar-refractivity contribution in [3.63, 3.8) is 0 Å². The van der Waals surface area contributed by atoms with Crippen molar-refractivity contribution in [2.24, 2.45) is 0 Å². The first-order valence-electron chi connectivity index (χ1n) is 4.03. The number of nitrogens with two attached hydrogens (primary N) is 1. The summed E-state index contributed by atoms with van der Waals surface area (Å²) in [5.74, 6) is 0. The molecule has 0 aromatic heterocycles. The van der Waals surface area contributed by atoms with Gasteiger partial charge in [0.2, 0.25) is 0 Å². The van der Waals surface area contributed by atoms with E-state index < -0.39 is 0 Å². The molecule has 0 atom stereocenters. The SMILES string of the molecule is Nc1cccc(NCCCO)c1. The van der Waals surface area contributed by atoms with Crippen LogP contribution in [-0.2, 0) is 0 Å². The molecule has 1 aromatic carbocycles. The highest BCUT2D eigenvalue weighted by Gasteiger charge is 1.90. The first-order chi connectivity index (χ1) is 5.83. The zero-order chi connectivity index (χ0) is 8.81. The van der Waals surface area contributed by atoms with Gasteiger partial charge in [0.25, 0.3) is 0 Å². The molecular weight excluding hydrogens is 152 g/mol. The van der Waals surface area contributed by atoms with Crippen LogP contribution in [0.2, 0.25) is 0 Å². The summed E-state index contributed by atoms with van der Waals surface area (Å²) < 4.78 is 0. The van der Waals surface area contributed by atoms with Gasteiger partial charge in [0.1, 0.15) is 0 Å². The molecule has 0 heterocycles. The Morgan fingerprint density at radius 2 is 2.25 bits per heavy atom. The molecule has 0 saturated carbocycles. The largest absolute Gasteiger partial charge is 0.399 e. The van der Waals surface area contributed by atoms with Crippen LogP contribution in [0.5, 0.6) is 0 Å². The Kier molecular flexibility index (Phi) is 3.41. The average molecular weight is 166 g/mol. The molecule has 12 heavy (non-hydrogen) atoms. The quantitative estimate of drug-likeness (QED) is 0.463. The summed E-state index contributed by atoms with van der Waals surface area (Å²) in [5, 5.41) is 11.7. The number of aliphatic hydroxyl groups excluding tert-OH is 1. The maximum absolute atomic E-state index is 8.53. The van der Waals surface area contributed by atoms with Crippen molar-refractivity contribution in [2.45, 2.75) is 6.42 Å². The van der Waals surface area contributed by atoms with Crippen LogP contribution in [-0.4, -0.2) is 18.3 Å². The van der Waals surface area contributed by atoms with Crippen LogP contribution < -0.4 is 11.1 Å². The third kappa shape index (κ3) is 2.80. The second kappa shape index (κ2) is 4.62. The van der Waals surface area contributed by atoms with Crippen molar-refractivity contribution in [1.82, 2.24) is 0 Å². The molecule has 3 nitrogen and oxygen atoms in total. The average Bonchev–Trinajstić information content (AvgIpc) is 2.05. The van der Waals surface area contributed by atoms with Crippen molar-refractivity contribution < 1.29 is 5.11 Å². The molecule has 0 fully saturated rings. The summed E-state index contributed by atoms with van der Waals surface area (Å²) in [6.07, 6.45) is 0.759. The summed E-state index contributed by atoms with van der Waals surface area (Å²) >= 11 is 0. The molecule has 0 aliphatic heterocycles. The normalized spacial score (nSPS) is 9.75. The molecule has 0 amide bonds. The van der Waals surface area contributed by atoms with Crippen LogP contribution in [0.3, 0.4) is 0 Å². The fourth-order valence-electron chi connectivity index (χ4n) is 0.960. The third-order valence-corrected chi connectivity index (χ3v) is 1.55. The topological polar surface area (TPSA) is 58.3 Å². The van der Waals surface area contributed by atoms with E-state index in [1.54, 1.807) is 0 Å². The number of hydrogen-bond donors (Lipinski definition) is 3. The Morgan fingerprint density at radius 3 is 2.92 bits per heavy atom. The van der Waals surface area contributed by atoms with Gasteiger partial charge in [0, 0.05) is 24.5 Å². The van der Waals surface area contributed by atoms with Gasteiger partial charge in [-0.1, -0.05) is 6.07 Å². The number of aliphatic hydroxyl groups is 1. The molecule has 1 rings (SSSR count). The lowest BCUT2D eigenvalue weighted by molar-refractivity contribution is 0.292. The van der Waals surface area contributed by atoms with Gasteiger partial charge < -0.3 is 16.2 Å². The van der Waals surface area contributed by atoms with Gasteiger partial charge >= 0.3 is 0 Å². The first-order valence-corrected chi connectivity index (χ1v) is 4.03. The second-order valence-corrected chi connectivity index (χ2v) is 2.63. The summed E-state index contributed by atoms with van der Waals surface area (Å²) in [6.45, 7) is 0.995. The Bertz CT molecular complexity index is 238. The van der Waals surface area contributed by atoms with E-state index in [4.69, 9.17) is 10.8 Å². The number of rotatable bonds is 4. The van der Waals surface area contributed by atoms with Crippen molar-refractivity contribution in [2.75, 3.05) is 24.2 Å². The minimum absolute atomic E-state index is 0.218. The molecule has 0 aliphatic rings. The van der Waals surface area contributed by atoms with Crippen LogP contribution in [0.4, 0.5) is 11.4 Å². The monoisotopic (exact) mass is 166 g/mol. The number of benzene rings is 1. The minimum Gasteiger partial charge on any atom is -0.399 e. The summed E-state index contributed by atoms with van der Waals surface area (Å²) in [5.41, 5.74) is 7.33. The van der Waals surface area contributed by atoms with Crippen LogP contribution in [0.25, 0.3) is 0 Å². The van der Waals surface area contributed by atoms with E-state index in [2.05, 4.69) is 5.32 Å². The van der Waals surface area contributed by atoms with Crippen LogP contribution in [0.1, 0.15) is 6.42 Å². The first kappa shape index (κ1) is 8.87. The van der Waals surface area contributed by atoms with Gasteiger partial charge in [-0.15, -0.1) is 0 Å². The van der Waals surface area contributed by atoms with Gasteiger partial charge in [-0.2, -0.15) is 0 Å². The van der Waals surface area contributed by atoms with E-state index in [-0.39, 0.29) is 6.61 Å². The van der Waals surface area contributed by atoms with Crippen LogP contribution in [0, 0.1) is 0 Å². The van der Waals surface area contributed by atoms with Crippen molar-refractivity contribution in [3.05, 3.63) is 24.3 Å². The maximum atomic E-state index is 8.53. The fourth-order valence-corrected chi connectivity index (χ4v) is 0.960. The molecule has 0 radical (unpaired) electrons. The highest BCUT2D eigenvalue weighted by molar-refractivity contribution is 5.53. The van der Waals surface area contributed by atoms with Crippen LogP contribution >= 0.6 is 0 Å². The molecule has 3 heteroatoms. The van der Waals surface area contributed by atoms with E-state index in [1.807, 2.05) is 24.3 Å². The molecular formula is C9H14N2O. The van der Waals surface area contributed by atoms with Crippen LogP contribution in [0.15, 0.2) is 24.3 Å². The molecule has 0 bridgehead atoms. The standard InChI is InChI=1S/C9H14N2O/c10-8-3-1-4-9(7-8)11-5-2-6-12/h1,3-4,7,11-12H,2,5-6,10H2. The Labute approximate surface area is 72.2 Å². The molecule has 66 valence electrons. The van der Waals surface area contributed by atoms with Crippen molar-refractivity contribution in [3.8, 4) is 0 Å². The smallest absolute Gasteiger partial charge is 0.0447 e. The molecule has 4 N–H and O–H groups in total. The van der Waals surface area contributed by atoms with Gasteiger partial charge in [-0.25, -0.2) is 0 Å². The number of nitrogen functional groups attached to an aromatic ring is 1. The lowest BCUT2D eigenvalue weighted by atomic mass is 10.3. The lowest BCUT2D eigenvalue weighted by Gasteiger charge is -2.04. The fraction of sp³-hybridized carbons (Fsp3) is 0.333.